The van der Waals surface area contributed by atoms with Crippen molar-refractivity contribution >= 4 is 17.4 Å². The lowest BCUT2D eigenvalue weighted by atomic mass is 10.2. The number of nitrogens with zero attached hydrogens (tertiary/aromatic N) is 2. The molecule has 0 radical (unpaired) electrons. The molecule has 1 saturated carbocycles. The minimum atomic E-state index is -0.549. The third kappa shape index (κ3) is 5.61. The summed E-state index contributed by atoms with van der Waals surface area (Å²) in [5, 5.41) is 3.05. The van der Waals surface area contributed by atoms with E-state index in [0.29, 0.717) is 13.1 Å². The van der Waals surface area contributed by atoms with Gasteiger partial charge in [0.05, 0.1) is 6.54 Å². The van der Waals surface area contributed by atoms with Gasteiger partial charge in [-0.25, -0.2) is 4.79 Å². The molecule has 27 heavy (non-hydrogen) atoms. The molecule has 0 unspecified atom stereocenters. The lowest BCUT2D eigenvalue weighted by Crippen LogP contribution is -2.46. The van der Waals surface area contributed by atoms with E-state index < -0.39 is 11.2 Å². The molecule has 1 aliphatic carbocycles. The van der Waals surface area contributed by atoms with Crippen molar-refractivity contribution in [1.82, 2.24) is 14.9 Å². The third-order valence-corrected chi connectivity index (χ3v) is 4.72. The van der Waals surface area contributed by atoms with Crippen LogP contribution in [0.3, 0.4) is 0 Å². The number of aromatic nitrogens is 2. The van der Waals surface area contributed by atoms with Crippen molar-refractivity contribution in [1.29, 1.82) is 0 Å². The SMILES string of the molecule is CC(C)CN(CC(=O)NC1CCCC1)c1c(N)n(CC(C)C)c(=O)[nH]c1=O. The number of anilines is 2. The van der Waals surface area contributed by atoms with Crippen LogP contribution in [0.15, 0.2) is 9.59 Å². The highest BCUT2D eigenvalue weighted by Gasteiger charge is 2.24. The van der Waals surface area contributed by atoms with Gasteiger partial charge in [0.25, 0.3) is 5.56 Å². The normalized spacial score (nSPS) is 14.9. The minimum Gasteiger partial charge on any atom is -0.383 e. The first-order valence-electron chi connectivity index (χ1n) is 9.86. The predicted molar refractivity (Wildman–Crippen MR) is 108 cm³/mol. The van der Waals surface area contributed by atoms with Crippen molar-refractivity contribution in [2.75, 3.05) is 23.7 Å². The summed E-state index contributed by atoms with van der Waals surface area (Å²) in [5.41, 5.74) is 5.35. The van der Waals surface area contributed by atoms with E-state index in [0.717, 1.165) is 25.7 Å². The quantitative estimate of drug-likeness (QED) is 0.630. The largest absolute Gasteiger partial charge is 0.383 e. The highest BCUT2D eigenvalue weighted by Crippen LogP contribution is 2.20. The molecule has 0 bridgehead atoms. The number of carbonyl (C=O) groups excluding carboxylic acids is 1. The molecule has 8 nitrogen and oxygen atoms in total. The van der Waals surface area contributed by atoms with Gasteiger partial charge in [0, 0.05) is 19.1 Å². The Morgan fingerprint density at radius 2 is 1.85 bits per heavy atom. The number of nitrogens with one attached hydrogen (secondary N) is 2. The first-order chi connectivity index (χ1) is 12.7. The van der Waals surface area contributed by atoms with E-state index in [1.54, 1.807) is 4.90 Å². The van der Waals surface area contributed by atoms with Crippen molar-refractivity contribution in [3.8, 4) is 0 Å². The summed E-state index contributed by atoms with van der Waals surface area (Å²) in [7, 11) is 0. The minimum absolute atomic E-state index is 0.0435. The summed E-state index contributed by atoms with van der Waals surface area (Å²) in [6.07, 6.45) is 4.26. The molecular weight excluding hydrogens is 346 g/mol. The van der Waals surface area contributed by atoms with E-state index in [1.165, 1.54) is 4.57 Å². The highest BCUT2D eigenvalue weighted by molar-refractivity contribution is 5.82. The number of H-pyrrole nitrogens is 1. The average Bonchev–Trinajstić information content (AvgIpc) is 3.03. The van der Waals surface area contributed by atoms with Crippen molar-refractivity contribution in [2.45, 2.75) is 66.0 Å². The Bertz CT molecular complexity index is 760. The van der Waals surface area contributed by atoms with Gasteiger partial charge < -0.3 is 16.0 Å². The maximum atomic E-state index is 12.5. The van der Waals surface area contributed by atoms with Crippen LogP contribution in [0.1, 0.15) is 53.4 Å². The van der Waals surface area contributed by atoms with E-state index in [4.69, 9.17) is 5.73 Å². The van der Waals surface area contributed by atoms with Gasteiger partial charge in [0.15, 0.2) is 0 Å². The summed E-state index contributed by atoms with van der Waals surface area (Å²) in [5.74, 6) is 0.399. The maximum absolute atomic E-state index is 12.5. The third-order valence-electron chi connectivity index (χ3n) is 4.72. The molecule has 0 aromatic carbocycles. The van der Waals surface area contributed by atoms with Crippen LogP contribution < -0.4 is 27.2 Å². The highest BCUT2D eigenvalue weighted by atomic mass is 16.2. The summed E-state index contributed by atoms with van der Waals surface area (Å²) in [6.45, 7) is 8.90. The Hall–Kier alpha value is -2.25. The van der Waals surface area contributed by atoms with Crippen LogP contribution in [0, 0.1) is 11.8 Å². The predicted octanol–water partition coefficient (Wildman–Crippen LogP) is 1.30. The number of hydrogen-bond acceptors (Lipinski definition) is 5. The lowest BCUT2D eigenvalue weighted by Gasteiger charge is -2.28. The van der Waals surface area contributed by atoms with E-state index in [9.17, 15) is 14.4 Å². The van der Waals surface area contributed by atoms with Crippen LogP contribution in [0.2, 0.25) is 0 Å². The second kappa shape index (κ2) is 9.10. The number of hydrogen-bond donors (Lipinski definition) is 3. The van der Waals surface area contributed by atoms with Crippen LogP contribution in [-0.2, 0) is 11.3 Å². The van der Waals surface area contributed by atoms with Crippen LogP contribution in [0.25, 0.3) is 0 Å². The van der Waals surface area contributed by atoms with Crippen molar-refractivity contribution in [3.05, 3.63) is 20.8 Å². The van der Waals surface area contributed by atoms with Gasteiger partial charge in [0.2, 0.25) is 5.91 Å². The fourth-order valence-corrected chi connectivity index (χ4v) is 3.62. The Morgan fingerprint density at radius 1 is 1.22 bits per heavy atom. The van der Waals surface area contributed by atoms with Crippen LogP contribution in [0.5, 0.6) is 0 Å². The molecule has 0 atom stereocenters. The molecule has 0 aliphatic heterocycles. The molecule has 0 spiro atoms. The number of aromatic amines is 1. The van der Waals surface area contributed by atoms with Gasteiger partial charge >= 0.3 is 5.69 Å². The maximum Gasteiger partial charge on any atom is 0.330 e. The lowest BCUT2D eigenvalue weighted by molar-refractivity contribution is -0.120. The van der Waals surface area contributed by atoms with Crippen molar-refractivity contribution < 1.29 is 4.79 Å². The first kappa shape index (κ1) is 21.1. The first-order valence-corrected chi connectivity index (χ1v) is 9.86. The summed E-state index contributed by atoms with van der Waals surface area (Å²) in [6, 6.07) is 0.212. The fraction of sp³-hybridized carbons (Fsp3) is 0.737. The summed E-state index contributed by atoms with van der Waals surface area (Å²) >= 11 is 0. The van der Waals surface area contributed by atoms with Gasteiger partial charge in [-0.3, -0.25) is 19.1 Å². The Labute approximate surface area is 160 Å². The zero-order valence-electron chi connectivity index (χ0n) is 16.9. The molecule has 1 aliphatic rings. The fourth-order valence-electron chi connectivity index (χ4n) is 3.62. The molecule has 1 fully saturated rings. The van der Waals surface area contributed by atoms with Gasteiger partial charge in [-0.1, -0.05) is 40.5 Å². The molecule has 1 aromatic heterocycles. The standard InChI is InChI=1S/C19H33N5O3/c1-12(2)9-23(11-15(25)21-14-7-5-6-8-14)16-17(20)24(10-13(3)4)19(27)22-18(16)26/h12-14H,5-11,20H2,1-4H3,(H,21,25)(H,22,26,27). The van der Waals surface area contributed by atoms with Gasteiger partial charge in [-0.15, -0.1) is 0 Å². The smallest absolute Gasteiger partial charge is 0.330 e. The molecule has 1 heterocycles. The Kier molecular flexibility index (Phi) is 7.10. The van der Waals surface area contributed by atoms with Crippen LogP contribution in [0.4, 0.5) is 11.5 Å². The van der Waals surface area contributed by atoms with Crippen molar-refractivity contribution in [2.24, 2.45) is 11.8 Å². The van der Waals surface area contributed by atoms with Gasteiger partial charge in [-0.2, -0.15) is 0 Å². The monoisotopic (exact) mass is 379 g/mol. The zero-order chi connectivity index (χ0) is 20.1. The van der Waals surface area contributed by atoms with E-state index in [1.807, 2.05) is 27.7 Å². The molecule has 0 saturated heterocycles. The van der Waals surface area contributed by atoms with Gasteiger partial charge in [0.1, 0.15) is 11.5 Å². The number of nitrogen functional groups attached to an aromatic ring is 1. The number of amides is 1. The van der Waals surface area contributed by atoms with Crippen LogP contribution >= 0.6 is 0 Å². The molecule has 4 N–H and O–H groups in total. The van der Waals surface area contributed by atoms with E-state index >= 15 is 0 Å². The molecule has 1 aromatic rings. The Balaban J connectivity index is 2.33. The Morgan fingerprint density at radius 3 is 2.41 bits per heavy atom. The number of rotatable bonds is 8. The number of nitrogens with two attached hydrogens (primary N) is 1. The average molecular weight is 380 g/mol. The molecule has 1 amide bonds. The van der Waals surface area contributed by atoms with E-state index in [2.05, 4.69) is 10.3 Å². The molecule has 8 heteroatoms. The second-order valence-electron chi connectivity index (χ2n) is 8.32. The van der Waals surface area contributed by atoms with Crippen molar-refractivity contribution in [3.63, 3.8) is 0 Å². The zero-order valence-corrected chi connectivity index (χ0v) is 16.9. The van der Waals surface area contributed by atoms with E-state index in [-0.39, 0.29) is 41.8 Å². The second-order valence-corrected chi connectivity index (χ2v) is 8.32. The topological polar surface area (TPSA) is 113 Å². The van der Waals surface area contributed by atoms with Crippen LogP contribution in [-0.4, -0.2) is 34.6 Å². The van der Waals surface area contributed by atoms with Gasteiger partial charge in [-0.05, 0) is 24.7 Å². The molecule has 152 valence electrons. The summed E-state index contributed by atoms with van der Waals surface area (Å²) in [4.78, 5) is 41.3. The molecular formula is C19H33N5O3. The molecule has 2 rings (SSSR count). The number of carbonyl (C=O) groups is 1. The summed E-state index contributed by atoms with van der Waals surface area (Å²) < 4.78 is 1.38.